The molecule has 2 rings (SSSR count). The number of amides is 1. The van der Waals surface area contributed by atoms with Crippen LogP contribution in [-0.4, -0.2) is 15.9 Å². The van der Waals surface area contributed by atoms with Crippen molar-refractivity contribution in [2.75, 3.05) is 5.32 Å². The average molecular weight is 426 g/mol. The van der Waals surface area contributed by atoms with Gasteiger partial charge in [-0.3, -0.25) is 4.79 Å². The van der Waals surface area contributed by atoms with Crippen molar-refractivity contribution in [3.8, 4) is 0 Å². The maximum absolute atomic E-state index is 13.1. The van der Waals surface area contributed by atoms with Crippen molar-refractivity contribution in [2.24, 2.45) is 0 Å². The number of alkyl halides is 6. The standard InChI is InChI=1S/C17H14Cl3F3N2O/c1-10-6-8-11(9-7-10)14(26)25-15(16(18,19)20)24-13-5-3-2-4-12(13)17(21,22)23/h2-9,15,24H,1H3,(H,25,26)/t15-/m1/s1. The van der Waals surface area contributed by atoms with E-state index in [1.807, 2.05) is 6.92 Å². The first-order valence-electron chi connectivity index (χ1n) is 7.35. The summed E-state index contributed by atoms with van der Waals surface area (Å²) >= 11 is 17.5. The molecule has 0 bridgehead atoms. The van der Waals surface area contributed by atoms with Crippen molar-refractivity contribution in [1.29, 1.82) is 0 Å². The fourth-order valence-corrected chi connectivity index (χ4v) is 2.46. The monoisotopic (exact) mass is 424 g/mol. The smallest absolute Gasteiger partial charge is 0.361 e. The molecule has 2 aromatic rings. The molecule has 0 aliphatic heterocycles. The third-order valence-corrected chi connectivity index (χ3v) is 4.10. The van der Waals surface area contributed by atoms with Gasteiger partial charge >= 0.3 is 6.18 Å². The Morgan fingerprint density at radius 2 is 1.58 bits per heavy atom. The van der Waals surface area contributed by atoms with Crippen LogP contribution in [-0.2, 0) is 6.18 Å². The van der Waals surface area contributed by atoms with E-state index in [4.69, 9.17) is 34.8 Å². The number of carbonyl (C=O) groups excluding carboxylic acids is 1. The topological polar surface area (TPSA) is 41.1 Å². The molecule has 0 unspecified atom stereocenters. The lowest BCUT2D eigenvalue weighted by atomic mass is 10.1. The normalized spacial score (nSPS) is 13.2. The van der Waals surface area contributed by atoms with Crippen LogP contribution in [0.1, 0.15) is 21.5 Å². The summed E-state index contributed by atoms with van der Waals surface area (Å²) in [5, 5.41) is 4.87. The quantitative estimate of drug-likeness (QED) is 0.498. The number of hydrogen-bond donors (Lipinski definition) is 2. The number of aryl methyl sites for hydroxylation is 1. The van der Waals surface area contributed by atoms with Gasteiger partial charge in [0.1, 0.15) is 6.17 Å². The minimum absolute atomic E-state index is 0.278. The Balaban J connectivity index is 2.27. The molecule has 2 N–H and O–H groups in total. The number of carbonyl (C=O) groups is 1. The van der Waals surface area contributed by atoms with Crippen molar-refractivity contribution >= 4 is 46.4 Å². The lowest BCUT2D eigenvalue weighted by Crippen LogP contribution is -2.49. The van der Waals surface area contributed by atoms with E-state index >= 15 is 0 Å². The number of hydrogen-bond acceptors (Lipinski definition) is 2. The highest BCUT2D eigenvalue weighted by atomic mass is 35.6. The van der Waals surface area contributed by atoms with E-state index < -0.39 is 27.6 Å². The van der Waals surface area contributed by atoms with E-state index in [1.165, 1.54) is 18.2 Å². The Labute approximate surface area is 163 Å². The van der Waals surface area contributed by atoms with E-state index in [-0.39, 0.29) is 11.3 Å². The van der Waals surface area contributed by atoms with E-state index in [2.05, 4.69) is 10.6 Å². The Kier molecular flexibility index (Phi) is 6.32. The Morgan fingerprint density at radius 3 is 2.12 bits per heavy atom. The molecule has 0 spiro atoms. The number of anilines is 1. The number of nitrogens with one attached hydrogen (secondary N) is 2. The van der Waals surface area contributed by atoms with Gasteiger partial charge in [0.05, 0.1) is 5.56 Å². The van der Waals surface area contributed by atoms with Gasteiger partial charge in [-0.2, -0.15) is 13.2 Å². The van der Waals surface area contributed by atoms with Crippen molar-refractivity contribution in [1.82, 2.24) is 5.32 Å². The number of halogens is 6. The molecule has 1 atom stereocenters. The molecule has 140 valence electrons. The van der Waals surface area contributed by atoms with Gasteiger partial charge in [-0.05, 0) is 31.2 Å². The summed E-state index contributed by atoms with van der Waals surface area (Å²) in [6, 6.07) is 11.3. The zero-order chi connectivity index (χ0) is 19.5. The predicted molar refractivity (Wildman–Crippen MR) is 97.8 cm³/mol. The molecule has 2 aromatic carbocycles. The van der Waals surface area contributed by atoms with Crippen molar-refractivity contribution < 1.29 is 18.0 Å². The summed E-state index contributed by atoms with van der Waals surface area (Å²) < 4.78 is 37.3. The van der Waals surface area contributed by atoms with Crippen LogP contribution in [0.5, 0.6) is 0 Å². The highest BCUT2D eigenvalue weighted by Crippen LogP contribution is 2.37. The molecule has 9 heteroatoms. The van der Waals surface area contributed by atoms with E-state index in [0.717, 1.165) is 11.6 Å². The van der Waals surface area contributed by atoms with Gasteiger partial charge in [-0.25, -0.2) is 0 Å². The van der Waals surface area contributed by atoms with E-state index in [1.54, 1.807) is 24.3 Å². The number of benzene rings is 2. The summed E-state index contributed by atoms with van der Waals surface area (Å²) in [7, 11) is 0. The Morgan fingerprint density at radius 1 is 1.00 bits per heavy atom. The second-order valence-corrected chi connectivity index (χ2v) is 7.87. The molecule has 0 heterocycles. The number of rotatable bonds is 4. The first-order valence-corrected chi connectivity index (χ1v) is 8.49. The second kappa shape index (κ2) is 7.94. The van der Waals surface area contributed by atoms with E-state index in [9.17, 15) is 18.0 Å². The van der Waals surface area contributed by atoms with Gasteiger partial charge in [0.15, 0.2) is 0 Å². The molecular weight excluding hydrogens is 412 g/mol. The molecule has 0 saturated carbocycles. The fourth-order valence-electron chi connectivity index (χ4n) is 2.13. The molecule has 1 amide bonds. The number of para-hydroxylation sites is 1. The second-order valence-electron chi connectivity index (χ2n) is 5.50. The van der Waals surface area contributed by atoms with Crippen LogP contribution in [0.3, 0.4) is 0 Å². The first kappa shape index (κ1) is 20.7. The van der Waals surface area contributed by atoms with Crippen molar-refractivity contribution in [3.63, 3.8) is 0 Å². The molecule has 0 aliphatic carbocycles. The summed E-state index contributed by atoms with van der Waals surface area (Å²) in [5.74, 6) is -0.599. The predicted octanol–water partition coefficient (Wildman–Crippen LogP) is 5.55. The van der Waals surface area contributed by atoms with Gasteiger partial charge in [-0.15, -0.1) is 0 Å². The maximum Gasteiger partial charge on any atom is 0.418 e. The minimum Gasteiger partial charge on any atom is -0.361 e. The van der Waals surface area contributed by atoms with Crippen LogP contribution in [0.25, 0.3) is 0 Å². The van der Waals surface area contributed by atoms with Crippen LogP contribution in [0.15, 0.2) is 48.5 Å². The minimum atomic E-state index is -4.61. The maximum atomic E-state index is 13.1. The van der Waals surface area contributed by atoms with Crippen LogP contribution < -0.4 is 10.6 Å². The lowest BCUT2D eigenvalue weighted by molar-refractivity contribution is -0.137. The lowest BCUT2D eigenvalue weighted by Gasteiger charge is -2.28. The summed E-state index contributed by atoms with van der Waals surface area (Å²) in [4.78, 5) is 12.3. The third-order valence-electron chi connectivity index (χ3n) is 3.45. The van der Waals surface area contributed by atoms with Crippen LogP contribution in [0.2, 0.25) is 0 Å². The average Bonchev–Trinajstić information content (AvgIpc) is 2.53. The van der Waals surface area contributed by atoms with Crippen molar-refractivity contribution in [2.45, 2.75) is 23.1 Å². The molecule has 0 saturated heterocycles. The van der Waals surface area contributed by atoms with Gasteiger partial charge in [0, 0.05) is 11.3 Å². The summed E-state index contributed by atoms with van der Waals surface area (Å²) in [6.45, 7) is 1.85. The molecule has 0 fully saturated rings. The molecule has 26 heavy (non-hydrogen) atoms. The highest BCUT2D eigenvalue weighted by Gasteiger charge is 2.38. The van der Waals surface area contributed by atoms with Crippen LogP contribution >= 0.6 is 34.8 Å². The summed E-state index contributed by atoms with van der Waals surface area (Å²) in [6.07, 6.45) is -6.01. The third kappa shape index (κ3) is 5.43. The SMILES string of the molecule is Cc1ccc(C(=O)N[C@@H](Nc2ccccc2C(F)(F)F)C(Cl)(Cl)Cl)cc1. The van der Waals surface area contributed by atoms with Crippen LogP contribution in [0, 0.1) is 6.92 Å². The van der Waals surface area contributed by atoms with E-state index in [0.29, 0.717) is 0 Å². The largest absolute Gasteiger partial charge is 0.418 e. The fraction of sp³-hybridized carbons (Fsp3) is 0.235. The van der Waals surface area contributed by atoms with Crippen molar-refractivity contribution in [3.05, 3.63) is 65.2 Å². The van der Waals surface area contributed by atoms with Gasteiger partial charge in [0.2, 0.25) is 3.79 Å². The molecule has 3 nitrogen and oxygen atoms in total. The van der Waals surface area contributed by atoms with Crippen LogP contribution in [0.4, 0.5) is 18.9 Å². The zero-order valence-corrected chi connectivity index (χ0v) is 15.6. The van der Waals surface area contributed by atoms with Gasteiger partial charge in [0.25, 0.3) is 5.91 Å². The first-order chi connectivity index (χ1) is 12.0. The molecular formula is C17H14Cl3F3N2O. The summed E-state index contributed by atoms with van der Waals surface area (Å²) in [5.41, 5.74) is -0.0400. The Bertz CT molecular complexity index is 774. The van der Waals surface area contributed by atoms with Gasteiger partial charge < -0.3 is 10.6 Å². The molecule has 0 aromatic heterocycles. The molecule has 0 aliphatic rings. The zero-order valence-electron chi connectivity index (χ0n) is 13.4. The Hall–Kier alpha value is -1.63. The van der Waals surface area contributed by atoms with Gasteiger partial charge in [-0.1, -0.05) is 64.6 Å². The molecule has 0 radical (unpaired) electrons. The highest BCUT2D eigenvalue weighted by molar-refractivity contribution is 6.68.